The molecule has 2 rings (SSSR count). The molecule has 2 aromatic carbocycles. The minimum Gasteiger partial charge on any atom is -0.102 e. The molecule has 0 saturated carbocycles. The molecule has 0 bridgehead atoms. The van der Waals surface area contributed by atoms with Crippen molar-refractivity contribution in [2.75, 3.05) is 0 Å². The third-order valence-corrected chi connectivity index (χ3v) is 3.01. The quantitative estimate of drug-likeness (QED) is 0.634. The maximum Gasteiger partial charge on any atom is 0.00499 e. The molecule has 0 N–H and O–H groups in total. The van der Waals surface area contributed by atoms with Crippen LogP contribution in [0.15, 0.2) is 79.4 Å². The minimum atomic E-state index is 0.395. The monoisotopic (exact) mass is 234 g/mol. The van der Waals surface area contributed by atoms with Crippen LogP contribution in [0.3, 0.4) is 0 Å². The maximum atomic E-state index is 3.93. The smallest absolute Gasteiger partial charge is 0.00499 e. The van der Waals surface area contributed by atoms with E-state index >= 15 is 0 Å². The Bertz CT molecular complexity index is 494. The summed E-state index contributed by atoms with van der Waals surface area (Å²) in [6, 6.07) is 20.9. The van der Waals surface area contributed by atoms with Gasteiger partial charge >= 0.3 is 0 Å². The molecular weight excluding hydrogens is 216 g/mol. The van der Waals surface area contributed by atoms with E-state index in [9.17, 15) is 0 Å². The third kappa shape index (κ3) is 3.46. The fourth-order valence-corrected chi connectivity index (χ4v) is 1.98. The average molecular weight is 234 g/mol. The first-order valence-electron chi connectivity index (χ1n) is 6.29. The molecule has 0 saturated heterocycles. The molecule has 2 aromatic rings. The van der Waals surface area contributed by atoms with Crippen LogP contribution in [0.1, 0.15) is 23.5 Å². The van der Waals surface area contributed by atoms with Crippen LogP contribution in [0.4, 0.5) is 0 Å². The van der Waals surface area contributed by atoms with Gasteiger partial charge in [-0.05, 0) is 17.5 Å². The second-order valence-corrected chi connectivity index (χ2v) is 4.30. The lowest BCUT2D eigenvalue weighted by atomic mass is 9.95. The van der Waals surface area contributed by atoms with Gasteiger partial charge in [0.1, 0.15) is 0 Å². The lowest BCUT2D eigenvalue weighted by Crippen LogP contribution is -1.92. The van der Waals surface area contributed by atoms with Crippen molar-refractivity contribution in [1.29, 1.82) is 0 Å². The van der Waals surface area contributed by atoms with E-state index in [2.05, 4.69) is 67.3 Å². The normalized spacial score (nSPS) is 12.4. The van der Waals surface area contributed by atoms with Crippen molar-refractivity contribution in [3.63, 3.8) is 0 Å². The zero-order valence-electron chi connectivity index (χ0n) is 10.5. The van der Waals surface area contributed by atoms with Crippen LogP contribution < -0.4 is 0 Å². The number of hydrogen-bond donors (Lipinski definition) is 0. The van der Waals surface area contributed by atoms with Gasteiger partial charge < -0.3 is 0 Å². The fourth-order valence-electron chi connectivity index (χ4n) is 1.98. The molecule has 0 aliphatic rings. The van der Waals surface area contributed by atoms with E-state index in [4.69, 9.17) is 0 Å². The summed E-state index contributed by atoms with van der Waals surface area (Å²) in [5, 5.41) is 0. The molecule has 18 heavy (non-hydrogen) atoms. The van der Waals surface area contributed by atoms with Gasteiger partial charge in [-0.25, -0.2) is 0 Å². The number of hydrogen-bond acceptors (Lipinski definition) is 0. The molecular formula is C18H18. The second-order valence-electron chi connectivity index (χ2n) is 4.30. The molecule has 0 aromatic heterocycles. The lowest BCUT2D eigenvalue weighted by molar-refractivity contribution is 0.868. The predicted octanol–water partition coefficient (Wildman–Crippen LogP) is 5.06. The number of allylic oxidation sites excluding steroid dienone is 2. The van der Waals surface area contributed by atoms with Gasteiger partial charge in [-0.1, -0.05) is 78.9 Å². The summed E-state index contributed by atoms with van der Waals surface area (Å²) in [6.07, 6.45) is 7.39. The van der Waals surface area contributed by atoms with Crippen molar-refractivity contribution in [3.8, 4) is 0 Å². The summed E-state index contributed by atoms with van der Waals surface area (Å²) in [5.41, 5.74) is 2.57. The first kappa shape index (κ1) is 12.4. The average Bonchev–Trinajstić information content (AvgIpc) is 2.46. The molecule has 0 amide bonds. The minimum absolute atomic E-state index is 0.395. The van der Waals surface area contributed by atoms with Gasteiger partial charge in [-0.15, -0.1) is 6.58 Å². The second kappa shape index (κ2) is 6.61. The van der Waals surface area contributed by atoms with Crippen molar-refractivity contribution < 1.29 is 0 Å². The van der Waals surface area contributed by atoms with Crippen LogP contribution >= 0.6 is 0 Å². The van der Waals surface area contributed by atoms with Gasteiger partial charge in [0, 0.05) is 5.92 Å². The Balaban J connectivity index is 2.00. The van der Waals surface area contributed by atoms with Crippen LogP contribution in [0.2, 0.25) is 0 Å². The highest BCUT2D eigenvalue weighted by molar-refractivity contribution is 5.48. The van der Waals surface area contributed by atoms with E-state index in [0.717, 1.165) is 6.42 Å². The Labute approximate surface area is 109 Å². The molecule has 0 heterocycles. The predicted molar refractivity (Wildman–Crippen MR) is 79.5 cm³/mol. The fraction of sp³-hybridized carbons (Fsp3) is 0.111. The van der Waals surface area contributed by atoms with Crippen LogP contribution in [0, 0.1) is 0 Å². The van der Waals surface area contributed by atoms with E-state index in [0.29, 0.717) is 5.92 Å². The zero-order chi connectivity index (χ0) is 12.6. The van der Waals surface area contributed by atoms with E-state index in [1.807, 2.05) is 18.2 Å². The van der Waals surface area contributed by atoms with Gasteiger partial charge in [0.2, 0.25) is 0 Å². The summed E-state index contributed by atoms with van der Waals surface area (Å²) < 4.78 is 0. The molecule has 1 atom stereocenters. The zero-order valence-corrected chi connectivity index (χ0v) is 10.5. The molecule has 0 nitrogen and oxygen atoms in total. The molecule has 1 unspecified atom stereocenters. The summed E-state index contributed by atoms with van der Waals surface area (Å²) in [4.78, 5) is 0. The molecule has 0 radical (unpaired) electrons. The van der Waals surface area contributed by atoms with E-state index < -0.39 is 0 Å². The van der Waals surface area contributed by atoms with E-state index in [-0.39, 0.29) is 0 Å². The Morgan fingerprint density at radius 3 is 2.11 bits per heavy atom. The third-order valence-electron chi connectivity index (χ3n) is 3.01. The van der Waals surface area contributed by atoms with Gasteiger partial charge in [0.15, 0.2) is 0 Å². The molecule has 0 fully saturated rings. The molecule has 0 aliphatic carbocycles. The van der Waals surface area contributed by atoms with Crippen molar-refractivity contribution >= 4 is 6.08 Å². The lowest BCUT2D eigenvalue weighted by Gasteiger charge is -2.09. The van der Waals surface area contributed by atoms with Crippen molar-refractivity contribution in [3.05, 3.63) is 90.5 Å². The molecule has 0 aliphatic heterocycles. The Morgan fingerprint density at radius 1 is 0.889 bits per heavy atom. The summed E-state index contributed by atoms with van der Waals surface area (Å²) in [7, 11) is 0. The number of rotatable bonds is 5. The van der Waals surface area contributed by atoms with Gasteiger partial charge in [-0.3, -0.25) is 0 Å². The highest BCUT2D eigenvalue weighted by atomic mass is 14.1. The highest BCUT2D eigenvalue weighted by Crippen LogP contribution is 2.21. The van der Waals surface area contributed by atoms with Crippen LogP contribution in [-0.2, 0) is 0 Å². The Morgan fingerprint density at radius 2 is 1.50 bits per heavy atom. The maximum absolute atomic E-state index is 3.93. The molecule has 0 heteroatoms. The van der Waals surface area contributed by atoms with Crippen LogP contribution in [-0.4, -0.2) is 0 Å². The Kier molecular flexibility index (Phi) is 4.54. The summed E-state index contributed by atoms with van der Waals surface area (Å²) in [5.74, 6) is 0.395. The van der Waals surface area contributed by atoms with E-state index in [1.54, 1.807) is 0 Å². The van der Waals surface area contributed by atoms with Crippen LogP contribution in [0.5, 0.6) is 0 Å². The van der Waals surface area contributed by atoms with Crippen molar-refractivity contribution in [2.24, 2.45) is 0 Å². The highest BCUT2D eigenvalue weighted by Gasteiger charge is 2.03. The van der Waals surface area contributed by atoms with E-state index in [1.165, 1.54) is 11.1 Å². The van der Waals surface area contributed by atoms with Crippen LogP contribution in [0.25, 0.3) is 6.08 Å². The first-order chi connectivity index (χ1) is 8.90. The summed E-state index contributed by atoms with van der Waals surface area (Å²) in [6.45, 7) is 3.93. The first-order valence-corrected chi connectivity index (χ1v) is 6.29. The van der Waals surface area contributed by atoms with Crippen molar-refractivity contribution in [1.82, 2.24) is 0 Å². The van der Waals surface area contributed by atoms with Gasteiger partial charge in [0.05, 0.1) is 0 Å². The van der Waals surface area contributed by atoms with Crippen molar-refractivity contribution in [2.45, 2.75) is 12.3 Å². The molecule has 0 spiro atoms. The topological polar surface area (TPSA) is 0 Å². The standard InChI is InChI=1S/C18H18/c1-2-17(18-13-7-4-8-14-18)15-9-12-16-10-5-3-6-11-16/h2-14,17H,1,15H2/b12-9+. The largest absolute Gasteiger partial charge is 0.102 e. The van der Waals surface area contributed by atoms with Gasteiger partial charge in [0.25, 0.3) is 0 Å². The molecule has 90 valence electrons. The van der Waals surface area contributed by atoms with Gasteiger partial charge in [-0.2, -0.15) is 0 Å². The summed E-state index contributed by atoms with van der Waals surface area (Å²) >= 11 is 0. The Hall–Kier alpha value is -2.08. The SMILES string of the molecule is C=CC(C/C=C/c1ccccc1)c1ccccc1. The number of benzene rings is 2.